The Morgan fingerprint density at radius 1 is 1.10 bits per heavy atom. The predicted octanol–water partition coefficient (Wildman–Crippen LogP) is 4.01. The molecule has 154 valence electrons. The Morgan fingerprint density at radius 2 is 1.87 bits per heavy atom. The SMILES string of the molecule is COc1ccc(Nc2ncc3nc(Nc4ccccc4F)n([C@H](C)CO)c3n2)cc1. The molecule has 4 rings (SSSR count). The van der Waals surface area contributed by atoms with Crippen LogP contribution in [0.2, 0.25) is 0 Å². The van der Waals surface area contributed by atoms with Gasteiger partial charge in [0.15, 0.2) is 5.65 Å². The Labute approximate surface area is 172 Å². The first kappa shape index (κ1) is 19.6. The van der Waals surface area contributed by atoms with Crippen molar-refractivity contribution in [2.24, 2.45) is 0 Å². The number of imidazole rings is 1. The molecule has 0 fully saturated rings. The molecule has 0 radical (unpaired) electrons. The van der Waals surface area contributed by atoms with Crippen LogP contribution in [0.3, 0.4) is 0 Å². The zero-order chi connectivity index (χ0) is 21.1. The summed E-state index contributed by atoms with van der Waals surface area (Å²) in [5, 5.41) is 15.9. The fraction of sp³-hybridized carbons (Fsp3) is 0.190. The van der Waals surface area contributed by atoms with Gasteiger partial charge in [0, 0.05) is 5.69 Å². The van der Waals surface area contributed by atoms with E-state index in [9.17, 15) is 9.50 Å². The average Bonchev–Trinajstić information content (AvgIpc) is 3.12. The Kier molecular flexibility index (Phi) is 5.44. The molecule has 2 aromatic heterocycles. The maximum absolute atomic E-state index is 14.1. The summed E-state index contributed by atoms with van der Waals surface area (Å²) in [4.78, 5) is 13.4. The van der Waals surface area contributed by atoms with Crippen molar-refractivity contribution in [1.82, 2.24) is 19.5 Å². The Bertz CT molecular complexity index is 1160. The first-order valence-corrected chi connectivity index (χ1v) is 9.37. The highest BCUT2D eigenvalue weighted by Crippen LogP contribution is 2.27. The molecule has 2 heterocycles. The number of nitrogens with one attached hydrogen (secondary N) is 2. The minimum absolute atomic E-state index is 0.136. The standard InChI is InChI=1S/C21H21FN6O2/c1-13(12-29)28-19-18(26-21(28)25-17-6-4-3-5-16(17)22)11-23-20(27-19)24-14-7-9-15(30-2)10-8-14/h3-11,13,29H,12H2,1-2H3,(H,25,26)(H,23,24,27)/t13-/m1/s1. The molecule has 0 unspecified atom stereocenters. The second kappa shape index (κ2) is 8.34. The predicted molar refractivity (Wildman–Crippen MR) is 113 cm³/mol. The molecule has 8 nitrogen and oxygen atoms in total. The van der Waals surface area contributed by atoms with Gasteiger partial charge < -0.3 is 20.5 Å². The molecule has 0 aliphatic carbocycles. The second-order valence-corrected chi connectivity index (χ2v) is 6.70. The first-order valence-electron chi connectivity index (χ1n) is 9.37. The highest BCUT2D eigenvalue weighted by atomic mass is 19.1. The molecular formula is C21H21FN6O2. The molecule has 0 saturated carbocycles. The summed E-state index contributed by atoms with van der Waals surface area (Å²) in [6.45, 7) is 1.69. The zero-order valence-electron chi connectivity index (χ0n) is 16.5. The molecule has 0 saturated heterocycles. The van der Waals surface area contributed by atoms with Gasteiger partial charge in [-0.1, -0.05) is 12.1 Å². The van der Waals surface area contributed by atoms with Crippen molar-refractivity contribution in [3.8, 4) is 5.75 Å². The van der Waals surface area contributed by atoms with Gasteiger partial charge in [-0.3, -0.25) is 4.57 Å². The van der Waals surface area contributed by atoms with Crippen molar-refractivity contribution in [2.45, 2.75) is 13.0 Å². The summed E-state index contributed by atoms with van der Waals surface area (Å²) in [6.07, 6.45) is 1.58. The summed E-state index contributed by atoms with van der Waals surface area (Å²) < 4.78 is 21.0. The van der Waals surface area contributed by atoms with E-state index in [2.05, 4.69) is 25.6 Å². The van der Waals surface area contributed by atoms with Crippen LogP contribution >= 0.6 is 0 Å². The number of aliphatic hydroxyl groups is 1. The van der Waals surface area contributed by atoms with Crippen molar-refractivity contribution >= 4 is 34.4 Å². The summed E-state index contributed by atoms with van der Waals surface area (Å²) in [5.41, 5.74) is 2.11. The molecule has 4 aromatic rings. The largest absolute Gasteiger partial charge is 0.497 e. The maximum atomic E-state index is 14.1. The molecule has 0 bridgehead atoms. The molecule has 0 spiro atoms. The zero-order valence-corrected chi connectivity index (χ0v) is 16.5. The summed E-state index contributed by atoms with van der Waals surface area (Å²) in [7, 11) is 1.61. The van der Waals surface area contributed by atoms with Gasteiger partial charge in [0.05, 0.1) is 31.6 Å². The van der Waals surface area contributed by atoms with E-state index < -0.39 is 5.82 Å². The molecular weight excluding hydrogens is 387 g/mol. The van der Waals surface area contributed by atoms with Crippen LogP contribution in [-0.2, 0) is 0 Å². The summed E-state index contributed by atoms with van der Waals surface area (Å²) >= 11 is 0. The van der Waals surface area contributed by atoms with Crippen LogP contribution in [0.25, 0.3) is 11.2 Å². The fourth-order valence-electron chi connectivity index (χ4n) is 3.02. The summed E-state index contributed by atoms with van der Waals surface area (Å²) in [5.74, 6) is 1.08. The lowest BCUT2D eigenvalue weighted by molar-refractivity contribution is 0.242. The van der Waals surface area contributed by atoms with Crippen molar-refractivity contribution in [3.05, 3.63) is 60.5 Å². The first-order chi connectivity index (χ1) is 14.6. The van der Waals surface area contributed by atoms with Crippen molar-refractivity contribution in [3.63, 3.8) is 0 Å². The number of hydrogen-bond acceptors (Lipinski definition) is 7. The van der Waals surface area contributed by atoms with Crippen LogP contribution in [0.1, 0.15) is 13.0 Å². The van der Waals surface area contributed by atoms with Crippen LogP contribution in [-0.4, -0.2) is 38.3 Å². The number of aromatic nitrogens is 4. The molecule has 0 aliphatic rings. The second-order valence-electron chi connectivity index (χ2n) is 6.70. The van der Waals surface area contributed by atoms with E-state index in [-0.39, 0.29) is 18.3 Å². The lowest BCUT2D eigenvalue weighted by atomic mass is 10.3. The fourth-order valence-corrected chi connectivity index (χ4v) is 3.02. The van der Waals surface area contributed by atoms with Gasteiger partial charge in [0.25, 0.3) is 0 Å². The van der Waals surface area contributed by atoms with Crippen molar-refractivity contribution in [1.29, 1.82) is 0 Å². The number of rotatable bonds is 7. The van der Waals surface area contributed by atoms with E-state index >= 15 is 0 Å². The Balaban J connectivity index is 1.72. The average molecular weight is 408 g/mol. The third-order valence-electron chi connectivity index (χ3n) is 4.60. The van der Waals surface area contributed by atoms with Gasteiger partial charge in [-0.2, -0.15) is 4.98 Å². The number of methoxy groups -OCH3 is 1. The van der Waals surface area contributed by atoms with Gasteiger partial charge in [0.2, 0.25) is 11.9 Å². The van der Waals surface area contributed by atoms with Crippen LogP contribution in [0.4, 0.5) is 27.7 Å². The van der Waals surface area contributed by atoms with Crippen LogP contribution in [0, 0.1) is 5.82 Å². The Hall–Kier alpha value is -3.72. The number of halogens is 1. The van der Waals surface area contributed by atoms with Gasteiger partial charge in [0.1, 0.15) is 17.1 Å². The number of ether oxygens (including phenoxy) is 1. The van der Waals surface area contributed by atoms with Gasteiger partial charge in [-0.25, -0.2) is 14.4 Å². The highest BCUT2D eigenvalue weighted by molar-refractivity contribution is 5.77. The van der Waals surface area contributed by atoms with E-state index in [1.807, 2.05) is 31.2 Å². The van der Waals surface area contributed by atoms with E-state index in [1.54, 1.807) is 36.1 Å². The monoisotopic (exact) mass is 408 g/mol. The van der Waals surface area contributed by atoms with Crippen molar-refractivity contribution < 1.29 is 14.2 Å². The number of benzene rings is 2. The minimum Gasteiger partial charge on any atom is -0.497 e. The number of aliphatic hydroxyl groups excluding tert-OH is 1. The van der Waals surface area contributed by atoms with E-state index in [0.717, 1.165) is 11.4 Å². The molecule has 2 aromatic carbocycles. The summed E-state index contributed by atoms with van der Waals surface area (Å²) in [6, 6.07) is 13.3. The maximum Gasteiger partial charge on any atom is 0.229 e. The molecule has 0 aliphatic heterocycles. The third kappa shape index (κ3) is 3.87. The van der Waals surface area contributed by atoms with E-state index in [1.165, 1.54) is 6.07 Å². The quantitative estimate of drug-likeness (QED) is 0.425. The van der Waals surface area contributed by atoms with Crippen molar-refractivity contribution in [2.75, 3.05) is 24.4 Å². The van der Waals surface area contributed by atoms with Crippen LogP contribution in [0.15, 0.2) is 54.7 Å². The lowest BCUT2D eigenvalue weighted by Gasteiger charge is -2.16. The lowest BCUT2D eigenvalue weighted by Crippen LogP contribution is -2.13. The molecule has 3 N–H and O–H groups in total. The number of para-hydroxylation sites is 1. The third-order valence-corrected chi connectivity index (χ3v) is 4.60. The molecule has 1 atom stereocenters. The smallest absolute Gasteiger partial charge is 0.229 e. The number of anilines is 4. The molecule has 30 heavy (non-hydrogen) atoms. The van der Waals surface area contributed by atoms with Gasteiger partial charge in [-0.15, -0.1) is 0 Å². The molecule has 0 amide bonds. The van der Waals surface area contributed by atoms with Crippen LogP contribution < -0.4 is 15.4 Å². The number of hydrogen-bond donors (Lipinski definition) is 3. The van der Waals surface area contributed by atoms with E-state index in [4.69, 9.17) is 4.74 Å². The van der Waals surface area contributed by atoms with Crippen LogP contribution in [0.5, 0.6) is 5.75 Å². The van der Waals surface area contributed by atoms with E-state index in [0.29, 0.717) is 23.1 Å². The normalized spacial score (nSPS) is 12.0. The number of fused-ring (bicyclic) bond motifs is 1. The van der Waals surface area contributed by atoms with Gasteiger partial charge in [-0.05, 0) is 43.3 Å². The number of nitrogens with zero attached hydrogens (tertiary/aromatic N) is 4. The highest BCUT2D eigenvalue weighted by Gasteiger charge is 2.19. The molecule has 9 heteroatoms. The van der Waals surface area contributed by atoms with Gasteiger partial charge >= 0.3 is 0 Å². The topological polar surface area (TPSA) is 97.1 Å². The minimum atomic E-state index is -0.402. The Morgan fingerprint density at radius 3 is 2.57 bits per heavy atom.